The fourth-order valence-electron chi connectivity index (χ4n) is 6.66. The molecule has 3 atom stereocenters. The topological polar surface area (TPSA) is 92.8 Å². The number of likely N-dealkylation sites (tertiary alicyclic amines) is 1. The summed E-state index contributed by atoms with van der Waals surface area (Å²) in [5.41, 5.74) is 4.48. The van der Waals surface area contributed by atoms with E-state index in [1.807, 2.05) is 48.5 Å². The molecule has 3 amide bonds. The maximum atomic E-state index is 14.0. The van der Waals surface area contributed by atoms with Crippen molar-refractivity contribution in [2.75, 3.05) is 11.9 Å². The highest BCUT2D eigenvalue weighted by Crippen LogP contribution is 2.61. The highest BCUT2D eigenvalue weighted by molar-refractivity contribution is 6.44. The van der Waals surface area contributed by atoms with E-state index in [2.05, 4.69) is 5.32 Å². The van der Waals surface area contributed by atoms with E-state index in [4.69, 9.17) is 27.9 Å². The molecule has 0 aromatic heterocycles. The van der Waals surface area contributed by atoms with E-state index in [1.165, 1.54) is 0 Å². The summed E-state index contributed by atoms with van der Waals surface area (Å²) in [6, 6.07) is 19.5. The molecule has 0 saturated carbocycles. The number of ether oxygens (including phenoxy) is 1. The molecule has 1 fully saturated rings. The zero-order chi connectivity index (χ0) is 28.3. The number of carbonyl (C=O) groups excluding carboxylic acids is 4. The minimum atomic E-state index is -1.17. The van der Waals surface area contributed by atoms with E-state index >= 15 is 0 Å². The lowest BCUT2D eigenvalue weighted by Gasteiger charge is -2.45. The van der Waals surface area contributed by atoms with Crippen LogP contribution in [0.5, 0.6) is 0 Å². The predicted octanol–water partition coefficient (Wildman–Crippen LogP) is 5.39. The van der Waals surface area contributed by atoms with E-state index < -0.39 is 42.3 Å². The maximum absolute atomic E-state index is 14.0. The van der Waals surface area contributed by atoms with E-state index in [-0.39, 0.29) is 39.4 Å². The standard InChI is InChI=1S/C31H26Cl2N2O5/c1-15(2)28(31(39)40-14-22(36)34-21-13-7-12-20(32)27(21)33)35-29(37)25-23-16-8-3-4-9-17(16)24(26(25)30(35)38)19-11-6-5-10-18(19)23/h3-13,15,23-26,28H,14H2,1-2H3,(H,34,36)/t23?,24?,25-,26-,28+/m0/s1. The van der Waals surface area contributed by atoms with Gasteiger partial charge in [-0.25, -0.2) is 4.79 Å². The Morgan fingerprint density at radius 2 is 1.32 bits per heavy atom. The molecular formula is C31H26Cl2N2O5. The lowest BCUT2D eigenvalue weighted by Crippen LogP contribution is -2.49. The lowest BCUT2D eigenvalue weighted by molar-refractivity contribution is -0.162. The van der Waals surface area contributed by atoms with Gasteiger partial charge < -0.3 is 10.1 Å². The normalized spacial score (nSPS) is 23.0. The first-order valence-electron chi connectivity index (χ1n) is 13.2. The molecule has 40 heavy (non-hydrogen) atoms. The van der Waals surface area contributed by atoms with Crippen molar-refractivity contribution in [1.29, 1.82) is 0 Å². The van der Waals surface area contributed by atoms with Crippen LogP contribution in [-0.4, -0.2) is 41.2 Å². The van der Waals surface area contributed by atoms with E-state index in [0.29, 0.717) is 0 Å². The zero-order valence-electron chi connectivity index (χ0n) is 21.8. The minimum absolute atomic E-state index is 0.163. The molecule has 2 bridgehead atoms. The van der Waals surface area contributed by atoms with Gasteiger partial charge in [-0.1, -0.05) is 91.6 Å². The summed E-state index contributed by atoms with van der Waals surface area (Å²) in [5, 5.41) is 2.99. The molecule has 7 nitrogen and oxygen atoms in total. The summed E-state index contributed by atoms with van der Waals surface area (Å²) in [4.78, 5) is 55.1. The second kappa shape index (κ2) is 10.1. The van der Waals surface area contributed by atoms with Gasteiger partial charge in [0.1, 0.15) is 6.04 Å². The number of rotatable bonds is 6. The quantitative estimate of drug-likeness (QED) is 0.313. The van der Waals surface area contributed by atoms with Crippen molar-refractivity contribution in [2.45, 2.75) is 31.7 Å². The molecular weight excluding hydrogens is 551 g/mol. The van der Waals surface area contributed by atoms with Gasteiger partial charge in [-0.05, 0) is 40.3 Å². The number of anilines is 1. The van der Waals surface area contributed by atoms with Gasteiger partial charge in [0, 0.05) is 11.8 Å². The SMILES string of the molecule is CC(C)[C@H](C(=O)OCC(=O)Nc1cccc(Cl)c1Cl)N1C(=O)[C@H]2C3c4ccccc4C(c4ccccc43)[C@@H]2C1=O. The Bertz CT molecular complexity index is 1460. The Hall–Kier alpha value is -3.68. The Kier molecular flexibility index (Phi) is 6.67. The molecule has 1 heterocycles. The third kappa shape index (κ3) is 4.02. The fraction of sp³-hybridized carbons (Fsp3) is 0.290. The number of benzene rings is 3. The van der Waals surface area contributed by atoms with Crippen LogP contribution in [0.1, 0.15) is 47.9 Å². The van der Waals surface area contributed by atoms with Crippen LogP contribution >= 0.6 is 23.2 Å². The van der Waals surface area contributed by atoms with Crippen molar-refractivity contribution >= 4 is 52.6 Å². The van der Waals surface area contributed by atoms with Gasteiger partial charge in [-0.2, -0.15) is 0 Å². The van der Waals surface area contributed by atoms with Crippen LogP contribution in [0.3, 0.4) is 0 Å². The van der Waals surface area contributed by atoms with Crippen molar-refractivity contribution in [3.8, 4) is 0 Å². The van der Waals surface area contributed by atoms with Crippen LogP contribution in [-0.2, 0) is 23.9 Å². The van der Waals surface area contributed by atoms with Crippen molar-refractivity contribution in [1.82, 2.24) is 4.90 Å². The van der Waals surface area contributed by atoms with Crippen molar-refractivity contribution in [3.05, 3.63) is 99.0 Å². The molecule has 9 heteroatoms. The number of halogens is 2. The van der Waals surface area contributed by atoms with Gasteiger partial charge in [0.15, 0.2) is 6.61 Å². The number of esters is 1. The number of imide groups is 1. The molecule has 0 unspecified atom stereocenters. The average Bonchev–Trinajstić information content (AvgIpc) is 3.20. The first-order valence-corrected chi connectivity index (χ1v) is 13.9. The summed E-state index contributed by atoms with van der Waals surface area (Å²) in [6.45, 7) is 2.88. The number of amides is 3. The summed E-state index contributed by atoms with van der Waals surface area (Å²) in [5.74, 6) is -4.40. The largest absolute Gasteiger partial charge is 0.454 e. The van der Waals surface area contributed by atoms with Gasteiger partial charge >= 0.3 is 5.97 Å². The molecule has 0 radical (unpaired) electrons. The zero-order valence-corrected chi connectivity index (χ0v) is 23.3. The van der Waals surface area contributed by atoms with Crippen LogP contribution in [0.2, 0.25) is 10.0 Å². The number of carbonyl (C=O) groups is 4. The molecule has 4 aliphatic rings. The van der Waals surface area contributed by atoms with Crippen molar-refractivity contribution < 1.29 is 23.9 Å². The minimum Gasteiger partial charge on any atom is -0.454 e. The molecule has 3 aromatic rings. The molecule has 7 rings (SSSR count). The molecule has 204 valence electrons. The van der Waals surface area contributed by atoms with E-state index in [0.717, 1.165) is 27.2 Å². The van der Waals surface area contributed by atoms with Crippen molar-refractivity contribution in [3.63, 3.8) is 0 Å². The van der Waals surface area contributed by atoms with Gasteiger partial charge in [-0.3, -0.25) is 19.3 Å². The second-order valence-corrected chi connectivity index (χ2v) is 11.5. The van der Waals surface area contributed by atoms with Gasteiger partial charge in [0.2, 0.25) is 11.8 Å². The van der Waals surface area contributed by atoms with Crippen LogP contribution < -0.4 is 5.32 Å². The van der Waals surface area contributed by atoms with E-state index in [1.54, 1.807) is 32.0 Å². The molecule has 1 saturated heterocycles. The summed E-state index contributed by atoms with van der Waals surface area (Å²) in [7, 11) is 0. The number of nitrogens with one attached hydrogen (secondary N) is 1. The summed E-state index contributed by atoms with van der Waals surface area (Å²) < 4.78 is 5.35. The number of hydrogen-bond acceptors (Lipinski definition) is 5. The molecule has 3 aliphatic carbocycles. The summed E-state index contributed by atoms with van der Waals surface area (Å²) >= 11 is 12.1. The molecule has 1 aliphatic heterocycles. The maximum Gasteiger partial charge on any atom is 0.330 e. The van der Waals surface area contributed by atoms with Gasteiger partial charge in [0.25, 0.3) is 5.91 Å². The van der Waals surface area contributed by atoms with Crippen molar-refractivity contribution in [2.24, 2.45) is 17.8 Å². The Morgan fingerprint density at radius 1 is 0.825 bits per heavy atom. The number of hydrogen-bond donors (Lipinski definition) is 1. The van der Waals surface area contributed by atoms with Gasteiger partial charge in [-0.15, -0.1) is 0 Å². The van der Waals surface area contributed by atoms with Crippen LogP contribution in [0.4, 0.5) is 5.69 Å². The van der Waals surface area contributed by atoms with Crippen LogP contribution in [0.15, 0.2) is 66.7 Å². The third-order valence-electron chi connectivity index (χ3n) is 8.20. The highest BCUT2D eigenvalue weighted by atomic mass is 35.5. The first kappa shape index (κ1) is 26.5. The average molecular weight is 577 g/mol. The Morgan fingerprint density at radius 3 is 1.80 bits per heavy atom. The predicted molar refractivity (Wildman–Crippen MR) is 150 cm³/mol. The van der Waals surface area contributed by atoms with Crippen LogP contribution in [0.25, 0.3) is 0 Å². The molecule has 1 N–H and O–H groups in total. The first-order chi connectivity index (χ1) is 19.2. The Labute approximate surface area is 241 Å². The molecule has 0 spiro atoms. The number of nitrogens with zero attached hydrogens (tertiary/aromatic N) is 1. The van der Waals surface area contributed by atoms with E-state index in [9.17, 15) is 19.2 Å². The lowest BCUT2D eigenvalue weighted by atomic mass is 9.55. The monoisotopic (exact) mass is 576 g/mol. The molecule has 3 aromatic carbocycles. The van der Waals surface area contributed by atoms with Crippen LogP contribution in [0, 0.1) is 17.8 Å². The highest BCUT2D eigenvalue weighted by Gasteiger charge is 2.63. The third-order valence-corrected chi connectivity index (χ3v) is 9.02. The second-order valence-electron chi connectivity index (χ2n) is 10.8. The summed E-state index contributed by atoms with van der Waals surface area (Å²) in [6.07, 6.45) is 0. The fourth-order valence-corrected chi connectivity index (χ4v) is 7.01. The smallest absolute Gasteiger partial charge is 0.330 e. The van der Waals surface area contributed by atoms with Gasteiger partial charge in [0.05, 0.1) is 27.6 Å². The Balaban J connectivity index is 1.26.